The average Bonchev–Trinajstić information content (AvgIpc) is 3.27. The molecule has 2 amide bonds. The zero-order valence-electron chi connectivity index (χ0n) is 16.0. The summed E-state index contributed by atoms with van der Waals surface area (Å²) in [4.78, 5) is 29.8. The molecule has 0 aromatic rings. The molecule has 2 unspecified atom stereocenters. The van der Waals surface area contributed by atoms with Crippen molar-refractivity contribution in [1.82, 2.24) is 9.80 Å². The van der Waals surface area contributed by atoms with Gasteiger partial charge < -0.3 is 14.5 Å². The van der Waals surface area contributed by atoms with Crippen LogP contribution < -0.4 is 0 Å². The number of carbonyl (C=O) groups excluding carboxylic acids is 2. The third-order valence-electron chi connectivity index (χ3n) is 6.75. The third kappa shape index (κ3) is 3.01. The minimum Gasteiger partial charge on any atom is -0.360 e. The number of hydrogen-bond donors (Lipinski definition) is 0. The Bertz CT molecular complexity index is 761. The van der Waals surface area contributed by atoms with E-state index in [2.05, 4.69) is 13.8 Å². The Morgan fingerprint density at radius 1 is 1.30 bits per heavy atom. The van der Waals surface area contributed by atoms with Gasteiger partial charge in [0.1, 0.15) is 5.60 Å². The van der Waals surface area contributed by atoms with Crippen LogP contribution in [0.15, 0.2) is 12.2 Å². The summed E-state index contributed by atoms with van der Waals surface area (Å²) in [6, 6.07) is 0. The predicted octanol–water partition coefficient (Wildman–Crippen LogP) is 0.462. The molecule has 7 nitrogen and oxygen atoms in total. The Hall–Kier alpha value is -1.41. The first-order valence-electron chi connectivity index (χ1n) is 9.95. The second kappa shape index (κ2) is 6.58. The first kappa shape index (κ1) is 18.9. The Balaban J connectivity index is 1.53. The third-order valence-corrected chi connectivity index (χ3v) is 8.36. The van der Waals surface area contributed by atoms with Gasteiger partial charge in [0.2, 0.25) is 11.8 Å². The highest BCUT2D eigenvalue weighted by molar-refractivity contribution is 7.91. The van der Waals surface area contributed by atoms with Crippen molar-refractivity contribution in [3.63, 3.8) is 0 Å². The highest BCUT2D eigenvalue weighted by atomic mass is 32.2. The molecule has 1 spiro atoms. The van der Waals surface area contributed by atoms with Crippen LogP contribution in [0, 0.1) is 17.8 Å². The van der Waals surface area contributed by atoms with Gasteiger partial charge in [-0.3, -0.25) is 9.59 Å². The van der Waals surface area contributed by atoms with Crippen molar-refractivity contribution >= 4 is 21.7 Å². The van der Waals surface area contributed by atoms with Crippen molar-refractivity contribution in [2.24, 2.45) is 17.8 Å². The van der Waals surface area contributed by atoms with Gasteiger partial charge in [-0.15, -0.1) is 0 Å². The lowest BCUT2D eigenvalue weighted by atomic mass is 9.76. The first-order valence-corrected chi connectivity index (χ1v) is 11.8. The second-order valence-electron chi connectivity index (χ2n) is 8.28. The first-order chi connectivity index (χ1) is 12.8. The number of rotatable bonds is 5. The van der Waals surface area contributed by atoms with Crippen LogP contribution in [-0.2, 0) is 24.2 Å². The molecule has 4 aliphatic heterocycles. The molecular weight excluding hydrogens is 368 g/mol. The molecule has 27 heavy (non-hydrogen) atoms. The van der Waals surface area contributed by atoms with E-state index < -0.39 is 27.3 Å². The van der Waals surface area contributed by atoms with Gasteiger partial charge >= 0.3 is 0 Å². The van der Waals surface area contributed by atoms with Gasteiger partial charge in [-0.1, -0.05) is 38.8 Å². The molecular formula is C19H28N2O5S. The van der Waals surface area contributed by atoms with E-state index in [1.807, 2.05) is 17.1 Å². The molecule has 3 saturated heterocycles. The maximum Gasteiger partial charge on any atom is 0.230 e. The molecule has 0 aromatic heterocycles. The number of amides is 2. The van der Waals surface area contributed by atoms with Crippen LogP contribution in [0.5, 0.6) is 0 Å². The highest BCUT2D eigenvalue weighted by Crippen LogP contribution is 2.52. The number of carbonyl (C=O) groups is 2. The van der Waals surface area contributed by atoms with Gasteiger partial charge in [0.15, 0.2) is 9.84 Å². The van der Waals surface area contributed by atoms with Crippen LogP contribution in [-0.4, -0.2) is 79.4 Å². The van der Waals surface area contributed by atoms with E-state index in [9.17, 15) is 18.0 Å². The van der Waals surface area contributed by atoms with Crippen molar-refractivity contribution in [2.75, 3.05) is 37.7 Å². The number of ether oxygens (including phenoxy) is 1. The van der Waals surface area contributed by atoms with Crippen molar-refractivity contribution in [1.29, 1.82) is 0 Å². The van der Waals surface area contributed by atoms with Crippen molar-refractivity contribution in [3.8, 4) is 0 Å². The zero-order valence-corrected chi connectivity index (χ0v) is 16.8. The van der Waals surface area contributed by atoms with Crippen LogP contribution >= 0.6 is 0 Å². The van der Waals surface area contributed by atoms with E-state index >= 15 is 0 Å². The van der Waals surface area contributed by atoms with Crippen LogP contribution in [0.3, 0.4) is 0 Å². The minimum atomic E-state index is -3.06. The maximum atomic E-state index is 13.2. The van der Waals surface area contributed by atoms with E-state index in [1.54, 1.807) is 4.90 Å². The zero-order chi connectivity index (χ0) is 19.4. The SMILES string of the molecule is CCC(CC)CN1C[C@@]23C=C[C@@H](O2)C(C(=O)N2CCS(=O)(=O)CC2)C3C1=O. The van der Waals surface area contributed by atoms with Gasteiger partial charge in [-0.05, 0) is 5.92 Å². The van der Waals surface area contributed by atoms with Crippen LogP contribution in [0.4, 0.5) is 0 Å². The predicted molar refractivity (Wildman–Crippen MR) is 99.6 cm³/mol. The number of hydrogen-bond acceptors (Lipinski definition) is 5. The van der Waals surface area contributed by atoms with Gasteiger partial charge in [0.25, 0.3) is 0 Å². The van der Waals surface area contributed by atoms with E-state index in [0.29, 0.717) is 19.0 Å². The summed E-state index contributed by atoms with van der Waals surface area (Å²) in [5.74, 6) is -0.690. The van der Waals surface area contributed by atoms with E-state index in [1.165, 1.54) is 0 Å². The largest absolute Gasteiger partial charge is 0.360 e. The second-order valence-corrected chi connectivity index (χ2v) is 10.6. The lowest BCUT2D eigenvalue weighted by Crippen LogP contribution is -2.50. The summed E-state index contributed by atoms with van der Waals surface area (Å²) >= 11 is 0. The smallest absolute Gasteiger partial charge is 0.230 e. The molecule has 4 aliphatic rings. The number of sulfone groups is 1. The molecule has 4 atom stereocenters. The summed E-state index contributed by atoms with van der Waals surface area (Å²) in [6.07, 6.45) is 5.54. The summed E-state index contributed by atoms with van der Waals surface area (Å²) in [6.45, 7) is 5.89. The molecule has 4 heterocycles. The lowest BCUT2D eigenvalue weighted by Gasteiger charge is -2.32. The Morgan fingerprint density at radius 2 is 1.96 bits per heavy atom. The van der Waals surface area contributed by atoms with E-state index in [0.717, 1.165) is 12.8 Å². The summed E-state index contributed by atoms with van der Waals surface area (Å²) in [5.41, 5.74) is -0.685. The van der Waals surface area contributed by atoms with Crippen molar-refractivity contribution < 1.29 is 22.7 Å². The van der Waals surface area contributed by atoms with Gasteiger partial charge in [0, 0.05) is 19.6 Å². The highest BCUT2D eigenvalue weighted by Gasteiger charge is 2.67. The number of nitrogens with zero attached hydrogens (tertiary/aromatic N) is 2. The topological polar surface area (TPSA) is 84.0 Å². The summed E-state index contributed by atoms with van der Waals surface area (Å²) in [5, 5.41) is 0. The summed E-state index contributed by atoms with van der Waals surface area (Å²) in [7, 11) is -3.06. The van der Waals surface area contributed by atoms with E-state index in [4.69, 9.17) is 4.74 Å². The fourth-order valence-electron chi connectivity index (χ4n) is 5.02. The molecule has 0 radical (unpaired) electrons. The van der Waals surface area contributed by atoms with Crippen LogP contribution in [0.2, 0.25) is 0 Å². The molecule has 4 rings (SSSR count). The maximum absolute atomic E-state index is 13.2. The van der Waals surface area contributed by atoms with Crippen molar-refractivity contribution in [3.05, 3.63) is 12.2 Å². The van der Waals surface area contributed by atoms with Crippen LogP contribution in [0.25, 0.3) is 0 Å². The quantitative estimate of drug-likeness (QED) is 0.631. The number of likely N-dealkylation sites (tertiary alicyclic amines) is 1. The Labute approximate surface area is 160 Å². The fraction of sp³-hybridized carbons (Fsp3) is 0.789. The van der Waals surface area contributed by atoms with E-state index in [-0.39, 0.29) is 42.5 Å². The molecule has 0 saturated carbocycles. The molecule has 8 heteroatoms. The Kier molecular flexibility index (Phi) is 4.62. The lowest BCUT2D eigenvalue weighted by molar-refractivity contribution is -0.143. The molecule has 0 aliphatic carbocycles. The molecule has 150 valence electrons. The van der Waals surface area contributed by atoms with Gasteiger partial charge in [-0.25, -0.2) is 8.42 Å². The normalized spacial score (nSPS) is 36.7. The molecule has 2 bridgehead atoms. The Morgan fingerprint density at radius 3 is 2.59 bits per heavy atom. The molecule has 0 aromatic carbocycles. The molecule has 3 fully saturated rings. The molecule has 0 N–H and O–H groups in total. The van der Waals surface area contributed by atoms with Gasteiger partial charge in [-0.2, -0.15) is 0 Å². The average molecular weight is 397 g/mol. The van der Waals surface area contributed by atoms with Gasteiger partial charge in [0.05, 0.1) is 36.0 Å². The summed E-state index contributed by atoms with van der Waals surface area (Å²) < 4.78 is 29.5. The minimum absolute atomic E-state index is 0.00260. The monoisotopic (exact) mass is 396 g/mol. The fourth-order valence-corrected chi connectivity index (χ4v) is 6.22. The number of fused-ring (bicyclic) bond motifs is 1. The van der Waals surface area contributed by atoms with Crippen molar-refractivity contribution in [2.45, 2.75) is 38.4 Å². The standard InChI is InChI=1S/C19H28N2O5S/c1-3-13(4-2)11-21-12-19-6-5-14(26-19)15(16(19)18(21)23)17(22)20-7-9-27(24,25)10-8-20/h5-6,13-16H,3-4,7-12H2,1-2H3/t14-,15?,16?,19-/m1/s1. The van der Waals surface area contributed by atoms with Crippen LogP contribution in [0.1, 0.15) is 26.7 Å².